The van der Waals surface area contributed by atoms with Crippen LogP contribution in [0.4, 0.5) is 0 Å². The highest BCUT2D eigenvalue weighted by atomic mass is 35.5. The molecule has 144 valence electrons. The second-order valence-electron chi connectivity index (χ2n) is 6.30. The molecule has 1 aromatic carbocycles. The van der Waals surface area contributed by atoms with E-state index in [0.29, 0.717) is 11.4 Å². The fourth-order valence-electron chi connectivity index (χ4n) is 3.26. The molecule has 1 saturated heterocycles. The van der Waals surface area contributed by atoms with Gasteiger partial charge in [-0.1, -0.05) is 23.4 Å². The van der Waals surface area contributed by atoms with E-state index >= 15 is 0 Å². The first-order chi connectivity index (χ1) is 12.2. The van der Waals surface area contributed by atoms with Crippen molar-refractivity contribution in [3.63, 3.8) is 0 Å². The van der Waals surface area contributed by atoms with Crippen LogP contribution in [0, 0.1) is 6.92 Å². The second kappa shape index (κ2) is 9.12. The third-order valence-corrected chi connectivity index (χ3v) is 4.58. The Morgan fingerprint density at radius 3 is 2.85 bits per heavy atom. The summed E-state index contributed by atoms with van der Waals surface area (Å²) in [4.78, 5) is 17.0. The van der Waals surface area contributed by atoms with Crippen molar-refractivity contribution >= 4 is 41.6 Å². The third-order valence-electron chi connectivity index (χ3n) is 4.58. The summed E-state index contributed by atoms with van der Waals surface area (Å²) in [6.07, 6.45) is 3.80. The summed E-state index contributed by atoms with van der Waals surface area (Å²) < 4.78 is 1.68. The highest BCUT2D eigenvalue weighted by Crippen LogP contribution is 2.21. The van der Waals surface area contributed by atoms with Crippen LogP contribution in [-0.4, -0.2) is 45.0 Å². The summed E-state index contributed by atoms with van der Waals surface area (Å²) in [7, 11) is 0. The normalized spacial score (nSPS) is 16.3. The molecule has 2 N–H and O–H groups in total. The van der Waals surface area contributed by atoms with Crippen molar-refractivity contribution in [2.24, 2.45) is 0 Å². The first-order valence-electron chi connectivity index (χ1n) is 8.52. The van der Waals surface area contributed by atoms with Crippen LogP contribution >= 0.6 is 24.8 Å². The standard InChI is InChI=1S/C18H20N6O.2ClH/c1-12-16(18(25)21-14-7-4-9-19-11-14)22-23-24(12)15-8-2-5-13-6-3-10-20-17(13)15;;/h2-3,5-6,8,10,14,19H,4,7,9,11H2,1H3,(H,21,25);2*1H. The molecule has 0 spiro atoms. The minimum absolute atomic E-state index is 0. The molecule has 9 heteroatoms. The monoisotopic (exact) mass is 408 g/mol. The van der Waals surface area contributed by atoms with Crippen molar-refractivity contribution in [3.05, 3.63) is 47.9 Å². The molecule has 1 amide bonds. The average Bonchev–Trinajstić information content (AvgIpc) is 3.03. The Morgan fingerprint density at radius 1 is 1.26 bits per heavy atom. The van der Waals surface area contributed by atoms with Gasteiger partial charge >= 0.3 is 0 Å². The Kier molecular flexibility index (Phi) is 7.12. The highest BCUT2D eigenvalue weighted by molar-refractivity contribution is 5.94. The first kappa shape index (κ1) is 21.1. The zero-order chi connectivity index (χ0) is 17.2. The minimum atomic E-state index is -0.175. The number of amides is 1. The van der Waals surface area contributed by atoms with Gasteiger partial charge in [-0.25, -0.2) is 4.68 Å². The molecular formula is C18H22Cl2N6O. The number of aromatic nitrogens is 4. The molecule has 1 unspecified atom stereocenters. The molecule has 3 aromatic rings. The Bertz CT molecular complexity index is 918. The molecule has 0 bridgehead atoms. The number of carbonyl (C=O) groups excluding carboxylic acids is 1. The molecule has 0 radical (unpaired) electrons. The van der Waals surface area contributed by atoms with Gasteiger partial charge in [-0.2, -0.15) is 0 Å². The largest absolute Gasteiger partial charge is 0.347 e. The van der Waals surface area contributed by atoms with Crippen molar-refractivity contribution in [2.45, 2.75) is 25.8 Å². The number of rotatable bonds is 3. The average molecular weight is 409 g/mol. The van der Waals surface area contributed by atoms with Crippen molar-refractivity contribution in [1.82, 2.24) is 30.6 Å². The molecule has 4 rings (SSSR count). The van der Waals surface area contributed by atoms with Gasteiger partial charge in [0, 0.05) is 24.2 Å². The van der Waals surface area contributed by atoms with Gasteiger partial charge in [0.25, 0.3) is 5.91 Å². The molecule has 1 aliphatic rings. The Morgan fingerprint density at radius 2 is 2.07 bits per heavy atom. The predicted molar refractivity (Wildman–Crippen MR) is 109 cm³/mol. The topological polar surface area (TPSA) is 84.7 Å². The number of halogens is 2. The minimum Gasteiger partial charge on any atom is -0.347 e. The number of para-hydroxylation sites is 1. The van der Waals surface area contributed by atoms with E-state index in [9.17, 15) is 4.79 Å². The number of fused-ring (bicyclic) bond motifs is 1. The summed E-state index contributed by atoms with van der Waals surface area (Å²) >= 11 is 0. The Labute approximate surface area is 169 Å². The fourth-order valence-corrected chi connectivity index (χ4v) is 3.26. The van der Waals surface area contributed by atoms with Gasteiger partial charge in [0.1, 0.15) is 0 Å². The summed E-state index contributed by atoms with van der Waals surface area (Å²) in [5.74, 6) is -0.175. The zero-order valence-corrected chi connectivity index (χ0v) is 16.5. The maximum absolute atomic E-state index is 12.6. The van der Waals surface area contributed by atoms with Gasteiger partial charge in [-0.05, 0) is 38.4 Å². The summed E-state index contributed by atoms with van der Waals surface area (Å²) in [5, 5.41) is 15.7. The van der Waals surface area contributed by atoms with E-state index < -0.39 is 0 Å². The van der Waals surface area contributed by atoms with E-state index in [0.717, 1.165) is 42.5 Å². The lowest BCUT2D eigenvalue weighted by Crippen LogP contribution is -2.45. The van der Waals surface area contributed by atoms with Crippen molar-refractivity contribution in [3.8, 4) is 5.69 Å². The fraction of sp³-hybridized carbons (Fsp3) is 0.333. The smallest absolute Gasteiger partial charge is 0.274 e. The number of nitrogens with one attached hydrogen (secondary N) is 2. The quantitative estimate of drug-likeness (QED) is 0.694. The lowest BCUT2D eigenvalue weighted by Gasteiger charge is -2.23. The number of nitrogens with zero attached hydrogens (tertiary/aromatic N) is 4. The number of piperidine rings is 1. The molecule has 1 aliphatic heterocycles. The van der Waals surface area contributed by atoms with Crippen LogP contribution in [0.1, 0.15) is 29.0 Å². The molecule has 2 aromatic heterocycles. The maximum Gasteiger partial charge on any atom is 0.274 e. The van der Waals surface area contributed by atoms with Gasteiger partial charge in [-0.3, -0.25) is 9.78 Å². The van der Waals surface area contributed by atoms with E-state index in [-0.39, 0.29) is 36.8 Å². The number of carbonyl (C=O) groups is 1. The maximum atomic E-state index is 12.6. The van der Waals surface area contributed by atoms with E-state index in [1.807, 2.05) is 37.3 Å². The summed E-state index contributed by atoms with van der Waals surface area (Å²) in [6.45, 7) is 3.66. The van der Waals surface area contributed by atoms with E-state index in [2.05, 4.69) is 25.9 Å². The summed E-state index contributed by atoms with van der Waals surface area (Å²) in [6, 6.07) is 9.93. The van der Waals surface area contributed by atoms with Gasteiger partial charge in [0.05, 0.1) is 16.9 Å². The van der Waals surface area contributed by atoms with Crippen LogP contribution in [0.15, 0.2) is 36.5 Å². The van der Waals surface area contributed by atoms with Crippen molar-refractivity contribution < 1.29 is 4.79 Å². The second-order valence-corrected chi connectivity index (χ2v) is 6.30. The van der Waals surface area contributed by atoms with E-state index in [1.165, 1.54) is 0 Å². The van der Waals surface area contributed by atoms with Crippen LogP contribution in [0.5, 0.6) is 0 Å². The first-order valence-corrected chi connectivity index (χ1v) is 8.52. The number of pyridine rings is 1. The predicted octanol–water partition coefficient (Wildman–Crippen LogP) is 2.45. The van der Waals surface area contributed by atoms with Gasteiger partial charge in [0.15, 0.2) is 5.69 Å². The zero-order valence-electron chi connectivity index (χ0n) is 14.9. The number of hydrogen-bond donors (Lipinski definition) is 2. The van der Waals surface area contributed by atoms with E-state index in [4.69, 9.17) is 0 Å². The molecule has 0 saturated carbocycles. The SMILES string of the molecule is Cc1c(C(=O)NC2CCCNC2)nnn1-c1cccc2cccnc12.Cl.Cl. The van der Waals surface area contributed by atoms with Crippen LogP contribution in [0.3, 0.4) is 0 Å². The van der Waals surface area contributed by atoms with Crippen LogP contribution in [0.25, 0.3) is 16.6 Å². The molecule has 0 aliphatic carbocycles. The van der Waals surface area contributed by atoms with Gasteiger partial charge in [-0.15, -0.1) is 29.9 Å². The van der Waals surface area contributed by atoms with E-state index in [1.54, 1.807) is 10.9 Å². The van der Waals surface area contributed by atoms with Crippen molar-refractivity contribution in [1.29, 1.82) is 0 Å². The lowest BCUT2D eigenvalue weighted by atomic mass is 10.1. The third kappa shape index (κ3) is 4.21. The van der Waals surface area contributed by atoms with Crippen LogP contribution < -0.4 is 10.6 Å². The molecule has 7 nitrogen and oxygen atoms in total. The number of benzene rings is 1. The molecule has 27 heavy (non-hydrogen) atoms. The molecule has 1 fully saturated rings. The lowest BCUT2D eigenvalue weighted by molar-refractivity contribution is 0.0925. The summed E-state index contributed by atoms with van der Waals surface area (Å²) in [5.41, 5.74) is 2.72. The molecule has 3 heterocycles. The van der Waals surface area contributed by atoms with Crippen LogP contribution in [0.2, 0.25) is 0 Å². The Hall–Kier alpha value is -2.22. The molecular weight excluding hydrogens is 387 g/mol. The molecule has 1 atom stereocenters. The highest BCUT2D eigenvalue weighted by Gasteiger charge is 2.22. The number of hydrogen-bond acceptors (Lipinski definition) is 5. The van der Waals surface area contributed by atoms with Gasteiger partial charge in [0.2, 0.25) is 0 Å². The van der Waals surface area contributed by atoms with Crippen LogP contribution in [-0.2, 0) is 0 Å². The van der Waals surface area contributed by atoms with Gasteiger partial charge < -0.3 is 10.6 Å². The Balaban J connectivity index is 0.00000131. The van der Waals surface area contributed by atoms with Crippen molar-refractivity contribution in [2.75, 3.05) is 13.1 Å².